The molecule has 160 valence electrons. The predicted octanol–water partition coefficient (Wildman–Crippen LogP) is 4.71. The number of thioether (sulfide) groups is 1. The standard InChI is InChI=1S/C21H21N5O3S2/c1-2-11-25-20(15-12-30-18-10-6-3-7-14(15)18)23-24-21(25)31-13-19(27)22-16-8-4-5-9-17(16)26(28)29/h2,4-5,8-9,12H,1,3,6-7,10-11,13H2,(H,22,27). The average Bonchev–Trinajstić information content (AvgIpc) is 3.36. The summed E-state index contributed by atoms with van der Waals surface area (Å²) in [6.07, 6.45) is 6.35. The first-order valence-corrected chi connectivity index (χ1v) is 11.7. The highest BCUT2D eigenvalue weighted by molar-refractivity contribution is 7.99. The summed E-state index contributed by atoms with van der Waals surface area (Å²) in [5, 5.41) is 25.2. The molecule has 1 aliphatic carbocycles. The number of aryl methyl sites for hydroxylation is 1. The fourth-order valence-electron chi connectivity index (χ4n) is 3.62. The number of benzene rings is 1. The molecule has 4 rings (SSSR count). The summed E-state index contributed by atoms with van der Waals surface area (Å²) in [5.74, 6) is 0.506. The number of fused-ring (bicyclic) bond motifs is 1. The maximum absolute atomic E-state index is 12.4. The number of nitrogens with one attached hydrogen (secondary N) is 1. The minimum atomic E-state index is -0.517. The van der Waals surface area contributed by atoms with Gasteiger partial charge in [-0.05, 0) is 37.3 Å². The van der Waals surface area contributed by atoms with E-state index in [1.807, 2.05) is 4.57 Å². The van der Waals surface area contributed by atoms with Crippen LogP contribution in [0.5, 0.6) is 0 Å². The van der Waals surface area contributed by atoms with E-state index in [-0.39, 0.29) is 23.0 Å². The Labute approximate surface area is 187 Å². The molecule has 10 heteroatoms. The first-order valence-electron chi connectivity index (χ1n) is 9.88. The van der Waals surface area contributed by atoms with Crippen molar-refractivity contribution in [2.24, 2.45) is 0 Å². The second kappa shape index (κ2) is 9.44. The summed E-state index contributed by atoms with van der Waals surface area (Å²) in [5.41, 5.74) is 2.52. The zero-order valence-electron chi connectivity index (χ0n) is 16.7. The summed E-state index contributed by atoms with van der Waals surface area (Å²) < 4.78 is 1.97. The molecule has 0 unspecified atom stereocenters. The molecule has 2 heterocycles. The molecule has 0 saturated carbocycles. The second-order valence-electron chi connectivity index (χ2n) is 7.07. The van der Waals surface area contributed by atoms with Crippen LogP contribution in [-0.4, -0.2) is 31.3 Å². The average molecular weight is 456 g/mol. The topological polar surface area (TPSA) is 103 Å². The van der Waals surface area contributed by atoms with E-state index in [4.69, 9.17) is 0 Å². The number of nitro groups is 1. The Bertz CT molecular complexity index is 1140. The van der Waals surface area contributed by atoms with Crippen molar-refractivity contribution in [3.05, 3.63) is 62.9 Å². The largest absolute Gasteiger partial charge is 0.320 e. The number of anilines is 1. The van der Waals surface area contributed by atoms with E-state index in [2.05, 4.69) is 27.5 Å². The third kappa shape index (κ3) is 4.54. The molecule has 0 fully saturated rings. The Morgan fingerprint density at radius 3 is 2.94 bits per heavy atom. The van der Waals surface area contributed by atoms with Gasteiger partial charge in [-0.25, -0.2) is 0 Å². The lowest BCUT2D eigenvalue weighted by Gasteiger charge is -2.13. The van der Waals surface area contributed by atoms with Gasteiger partial charge in [0.1, 0.15) is 5.69 Å². The van der Waals surface area contributed by atoms with Gasteiger partial charge in [0.15, 0.2) is 11.0 Å². The third-order valence-corrected chi connectivity index (χ3v) is 7.09. The summed E-state index contributed by atoms with van der Waals surface area (Å²) >= 11 is 3.02. The molecule has 0 atom stereocenters. The van der Waals surface area contributed by atoms with E-state index in [0.29, 0.717) is 11.7 Å². The normalized spacial score (nSPS) is 12.9. The number of carbonyl (C=O) groups excluding carboxylic acids is 1. The highest BCUT2D eigenvalue weighted by Gasteiger charge is 2.22. The monoisotopic (exact) mass is 455 g/mol. The number of thiophene rings is 1. The van der Waals surface area contributed by atoms with Crippen LogP contribution in [-0.2, 0) is 24.2 Å². The highest BCUT2D eigenvalue weighted by atomic mass is 32.2. The van der Waals surface area contributed by atoms with Crippen LogP contribution in [0.15, 0.2) is 47.5 Å². The molecular formula is C21H21N5O3S2. The van der Waals surface area contributed by atoms with Gasteiger partial charge >= 0.3 is 0 Å². The van der Waals surface area contributed by atoms with Crippen molar-refractivity contribution >= 4 is 40.4 Å². The molecule has 1 aliphatic rings. The van der Waals surface area contributed by atoms with Crippen molar-refractivity contribution in [2.45, 2.75) is 37.4 Å². The summed E-state index contributed by atoms with van der Waals surface area (Å²) in [6, 6.07) is 6.07. The van der Waals surface area contributed by atoms with Gasteiger partial charge in [-0.3, -0.25) is 19.5 Å². The Balaban J connectivity index is 1.51. The van der Waals surface area contributed by atoms with E-state index in [1.165, 1.54) is 47.2 Å². The SMILES string of the molecule is C=CCn1c(SCC(=O)Nc2ccccc2[N+](=O)[O-])nnc1-c1csc2c1CCCC2. The van der Waals surface area contributed by atoms with E-state index >= 15 is 0 Å². The van der Waals surface area contributed by atoms with Crippen molar-refractivity contribution in [1.82, 2.24) is 14.8 Å². The molecule has 3 aromatic rings. The van der Waals surface area contributed by atoms with Crippen LogP contribution >= 0.6 is 23.1 Å². The molecule has 1 N–H and O–H groups in total. The summed E-state index contributed by atoms with van der Waals surface area (Å²) in [7, 11) is 0. The number of carbonyl (C=O) groups is 1. The molecule has 0 spiro atoms. The fraction of sp³-hybridized carbons (Fsp3) is 0.286. The molecule has 31 heavy (non-hydrogen) atoms. The van der Waals surface area contributed by atoms with Crippen molar-refractivity contribution in [3.8, 4) is 11.4 Å². The molecule has 0 bridgehead atoms. The Morgan fingerprint density at radius 1 is 1.32 bits per heavy atom. The molecule has 0 aliphatic heterocycles. The first-order chi connectivity index (χ1) is 15.1. The maximum Gasteiger partial charge on any atom is 0.292 e. The van der Waals surface area contributed by atoms with Crippen molar-refractivity contribution in [2.75, 3.05) is 11.1 Å². The van der Waals surface area contributed by atoms with Gasteiger partial charge in [-0.15, -0.1) is 28.1 Å². The van der Waals surface area contributed by atoms with E-state index in [1.54, 1.807) is 29.5 Å². The number of amides is 1. The van der Waals surface area contributed by atoms with Gasteiger partial charge in [0, 0.05) is 28.4 Å². The zero-order valence-corrected chi connectivity index (χ0v) is 18.4. The number of hydrogen-bond acceptors (Lipinski definition) is 7. The molecule has 8 nitrogen and oxygen atoms in total. The highest BCUT2D eigenvalue weighted by Crippen LogP contribution is 2.37. The van der Waals surface area contributed by atoms with Crippen LogP contribution in [0.1, 0.15) is 23.3 Å². The van der Waals surface area contributed by atoms with Crippen molar-refractivity contribution in [1.29, 1.82) is 0 Å². The smallest absolute Gasteiger partial charge is 0.292 e. The third-order valence-electron chi connectivity index (χ3n) is 5.04. The summed E-state index contributed by atoms with van der Waals surface area (Å²) in [6.45, 7) is 4.37. The van der Waals surface area contributed by atoms with Crippen LogP contribution in [0.2, 0.25) is 0 Å². The van der Waals surface area contributed by atoms with Crippen LogP contribution in [0.4, 0.5) is 11.4 Å². The Hall–Kier alpha value is -2.98. The Kier molecular flexibility index (Phi) is 6.47. The van der Waals surface area contributed by atoms with E-state index in [0.717, 1.165) is 24.2 Å². The summed E-state index contributed by atoms with van der Waals surface area (Å²) in [4.78, 5) is 24.5. The molecule has 1 aromatic carbocycles. The van der Waals surface area contributed by atoms with Gasteiger partial charge in [0.2, 0.25) is 5.91 Å². The second-order valence-corrected chi connectivity index (χ2v) is 8.98. The lowest BCUT2D eigenvalue weighted by molar-refractivity contribution is -0.383. The fourth-order valence-corrected chi connectivity index (χ4v) is 5.50. The number of para-hydroxylation sites is 2. The number of nitrogens with zero attached hydrogens (tertiary/aromatic N) is 4. The maximum atomic E-state index is 12.4. The number of allylic oxidation sites excluding steroid dienone is 1. The molecule has 1 amide bonds. The van der Waals surface area contributed by atoms with Crippen molar-refractivity contribution in [3.63, 3.8) is 0 Å². The predicted molar refractivity (Wildman–Crippen MR) is 123 cm³/mol. The van der Waals surface area contributed by atoms with Crippen molar-refractivity contribution < 1.29 is 9.72 Å². The van der Waals surface area contributed by atoms with Crippen LogP contribution in [0.3, 0.4) is 0 Å². The quantitative estimate of drug-likeness (QED) is 0.228. The first kappa shape index (κ1) is 21.3. The number of rotatable bonds is 8. The van der Waals surface area contributed by atoms with Crippen LogP contribution < -0.4 is 5.32 Å². The van der Waals surface area contributed by atoms with Gasteiger partial charge in [0.25, 0.3) is 5.69 Å². The van der Waals surface area contributed by atoms with Gasteiger partial charge in [-0.1, -0.05) is 30.0 Å². The lowest BCUT2D eigenvalue weighted by Crippen LogP contribution is -2.15. The number of hydrogen-bond donors (Lipinski definition) is 1. The minimum Gasteiger partial charge on any atom is -0.320 e. The van der Waals surface area contributed by atoms with Gasteiger partial charge in [0.05, 0.1) is 10.7 Å². The van der Waals surface area contributed by atoms with Crippen LogP contribution in [0, 0.1) is 10.1 Å². The molecule has 0 saturated heterocycles. The van der Waals surface area contributed by atoms with Gasteiger partial charge in [-0.2, -0.15) is 0 Å². The molecular weight excluding hydrogens is 434 g/mol. The molecule has 2 aromatic heterocycles. The molecule has 0 radical (unpaired) electrons. The van der Waals surface area contributed by atoms with Crippen LogP contribution in [0.25, 0.3) is 11.4 Å². The van der Waals surface area contributed by atoms with Gasteiger partial charge < -0.3 is 5.32 Å². The number of aromatic nitrogens is 3. The van der Waals surface area contributed by atoms with E-state index in [9.17, 15) is 14.9 Å². The lowest BCUT2D eigenvalue weighted by atomic mass is 9.95. The van der Waals surface area contributed by atoms with E-state index < -0.39 is 4.92 Å². The zero-order chi connectivity index (χ0) is 21.8. The number of nitro benzene ring substituents is 1. The Morgan fingerprint density at radius 2 is 2.13 bits per heavy atom. The minimum absolute atomic E-state index is 0.0586.